The van der Waals surface area contributed by atoms with Gasteiger partial charge in [0, 0.05) is 18.3 Å². The number of nitrogens with one attached hydrogen (secondary N) is 2. The first-order valence-electron chi connectivity index (χ1n) is 4.55. The van der Waals surface area contributed by atoms with Crippen molar-refractivity contribution < 1.29 is 4.74 Å². The largest absolute Gasteiger partial charge is 0.495 e. The highest BCUT2D eigenvalue weighted by atomic mass is 79.9. The Kier molecular flexibility index (Phi) is 4.84. The van der Waals surface area contributed by atoms with Crippen LogP contribution in [0.2, 0.25) is 0 Å². The SMILES string of the molecule is CCNC(=S)Nc1ccc(Br)c(OC)c1. The molecule has 0 aliphatic heterocycles. The van der Waals surface area contributed by atoms with Gasteiger partial charge < -0.3 is 15.4 Å². The van der Waals surface area contributed by atoms with E-state index >= 15 is 0 Å². The van der Waals surface area contributed by atoms with Crippen LogP contribution in [0.3, 0.4) is 0 Å². The van der Waals surface area contributed by atoms with Crippen molar-refractivity contribution in [1.29, 1.82) is 0 Å². The lowest BCUT2D eigenvalue weighted by Gasteiger charge is -2.10. The van der Waals surface area contributed by atoms with Crippen molar-refractivity contribution in [3.63, 3.8) is 0 Å². The van der Waals surface area contributed by atoms with Crippen LogP contribution in [0.4, 0.5) is 5.69 Å². The maximum Gasteiger partial charge on any atom is 0.170 e. The topological polar surface area (TPSA) is 33.3 Å². The number of hydrogen-bond donors (Lipinski definition) is 2. The maximum atomic E-state index is 5.18. The van der Waals surface area contributed by atoms with Crippen LogP contribution in [-0.2, 0) is 0 Å². The van der Waals surface area contributed by atoms with Crippen molar-refractivity contribution in [3.8, 4) is 5.75 Å². The van der Waals surface area contributed by atoms with Crippen LogP contribution >= 0.6 is 28.1 Å². The summed E-state index contributed by atoms with van der Waals surface area (Å²) in [5.41, 5.74) is 0.904. The molecule has 0 bridgehead atoms. The minimum Gasteiger partial charge on any atom is -0.495 e. The summed E-state index contributed by atoms with van der Waals surface area (Å²) in [7, 11) is 1.63. The van der Waals surface area contributed by atoms with Gasteiger partial charge in [0.1, 0.15) is 5.75 Å². The maximum absolute atomic E-state index is 5.18. The third-order valence-electron chi connectivity index (χ3n) is 1.75. The van der Waals surface area contributed by atoms with Gasteiger partial charge in [-0.1, -0.05) is 0 Å². The van der Waals surface area contributed by atoms with E-state index in [0.717, 1.165) is 22.5 Å². The number of halogens is 1. The number of methoxy groups -OCH3 is 1. The molecular formula is C10H13BrN2OS. The minimum absolute atomic E-state index is 0.613. The van der Waals surface area contributed by atoms with E-state index in [1.807, 2.05) is 25.1 Å². The second-order valence-corrected chi connectivity index (χ2v) is 4.10. The third kappa shape index (κ3) is 3.68. The van der Waals surface area contributed by atoms with E-state index in [-0.39, 0.29) is 0 Å². The van der Waals surface area contributed by atoms with Gasteiger partial charge in [-0.25, -0.2) is 0 Å². The molecule has 3 nitrogen and oxygen atoms in total. The van der Waals surface area contributed by atoms with Gasteiger partial charge in [-0.3, -0.25) is 0 Å². The van der Waals surface area contributed by atoms with Crippen molar-refractivity contribution in [3.05, 3.63) is 22.7 Å². The molecule has 0 heterocycles. The summed E-state index contributed by atoms with van der Waals surface area (Å²) in [6.45, 7) is 2.80. The van der Waals surface area contributed by atoms with Crippen LogP contribution in [-0.4, -0.2) is 18.8 Å². The van der Waals surface area contributed by atoms with Crippen molar-refractivity contribution in [2.75, 3.05) is 19.0 Å². The molecule has 0 spiro atoms. The molecule has 0 amide bonds. The Balaban J connectivity index is 2.74. The Morgan fingerprint density at radius 1 is 1.53 bits per heavy atom. The predicted octanol–water partition coefficient (Wildman–Crippen LogP) is 2.76. The molecule has 0 radical (unpaired) electrons. The predicted molar refractivity (Wildman–Crippen MR) is 70.6 cm³/mol. The molecule has 0 atom stereocenters. The van der Waals surface area contributed by atoms with Crippen LogP contribution in [0.15, 0.2) is 22.7 Å². The molecule has 82 valence electrons. The molecule has 1 aromatic carbocycles. The second kappa shape index (κ2) is 5.92. The Morgan fingerprint density at radius 3 is 2.87 bits per heavy atom. The number of thiocarbonyl (C=S) groups is 1. The second-order valence-electron chi connectivity index (χ2n) is 2.83. The molecule has 5 heteroatoms. The number of anilines is 1. The quantitative estimate of drug-likeness (QED) is 0.838. The molecule has 0 aliphatic carbocycles. The van der Waals surface area contributed by atoms with Crippen molar-refractivity contribution in [2.24, 2.45) is 0 Å². The highest BCUT2D eigenvalue weighted by Gasteiger charge is 2.02. The Morgan fingerprint density at radius 2 is 2.27 bits per heavy atom. The van der Waals surface area contributed by atoms with E-state index in [2.05, 4.69) is 26.6 Å². The zero-order valence-corrected chi connectivity index (χ0v) is 11.0. The van der Waals surface area contributed by atoms with Gasteiger partial charge in [0.15, 0.2) is 5.11 Å². The highest BCUT2D eigenvalue weighted by Crippen LogP contribution is 2.27. The van der Waals surface area contributed by atoms with Crippen LogP contribution in [0.25, 0.3) is 0 Å². The lowest BCUT2D eigenvalue weighted by atomic mass is 10.3. The summed E-state index contributed by atoms with van der Waals surface area (Å²) >= 11 is 8.46. The van der Waals surface area contributed by atoms with E-state index in [4.69, 9.17) is 17.0 Å². The van der Waals surface area contributed by atoms with Gasteiger partial charge in [0.2, 0.25) is 0 Å². The van der Waals surface area contributed by atoms with Crippen LogP contribution in [0.1, 0.15) is 6.92 Å². The fraction of sp³-hybridized carbons (Fsp3) is 0.300. The van der Waals surface area contributed by atoms with Gasteiger partial charge in [0.05, 0.1) is 11.6 Å². The zero-order valence-electron chi connectivity index (χ0n) is 8.63. The molecule has 0 aromatic heterocycles. The van der Waals surface area contributed by atoms with Gasteiger partial charge in [0.25, 0.3) is 0 Å². The van der Waals surface area contributed by atoms with E-state index in [0.29, 0.717) is 5.11 Å². The molecule has 15 heavy (non-hydrogen) atoms. The lowest BCUT2D eigenvalue weighted by molar-refractivity contribution is 0.412. The van der Waals surface area contributed by atoms with Gasteiger partial charge >= 0.3 is 0 Å². The number of hydrogen-bond acceptors (Lipinski definition) is 2. The van der Waals surface area contributed by atoms with E-state index < -0.39 is 0 Å². The van der Waals surface area contributed by atoms with Crippen LogP contribution in [0.5, 0.6) is 5.75 Å². The standard InChI is InChI=1S/C10H13BrN2OS/c1-3-12-10(15)13-7-4-5-8(11)9(6-7)14-2/h4-6H,3H2,1-2H3,(H2,12,13,15). The van der Waals surface area contributed by atoms with Crippen LogP contribution < -0.4 is 15.4 Å². The van der Waals surface area contributed by atoms with Gasteiger partial charge in [-0.05, 0) is 47.2 Å². The lowest BCUT2D eigenvalue weighted by Crippen LogP contribution is -2.27. The summed E-state index contributed by atoms with van der Waals surface area (Å²) in [5, 5.41) is 6.69. The van der Waals surface area contributed by atoms with Crippen molar-refractivity contribution in [1.82, 2.24) is 5.32 Å². The van der Waals surface area contributed by atoms with Crippen LogP contribution in [0, 0.1) is 0 Å². The Bertz CT molecular complexity index is 357. The number of rotatable bonds is 3. The molecule has 0 saturated heterocycles. The molecule has 0 saturated carbocycles. The molecular weight excluding hydrogens is 276 g/mol. The Labute approximate surface area is 103 Å². The third-order valence-corrected chi connectivity index (χ3v) is 2.65. The number of benzene rings is 1. The van der Waals surface area contributed by atoms with Crippen molar-refractivity contribution >= 4 is 38.9 Å². The summed E-state index contributed by atoms with van der Waals surface area (Å²) in [6.07, 6.45) is 0. The van der Waals surface area contributed by atoms with E-state index in [1.54, 1.807) is 7.11 Å². The zero-order chi connectivity index (χ0) is 11.3. The molecule has 0 aliphatic rings. The minimum atomic E-state index is 0.613. The van der Waals surface area contributed by atoms with E-state index in [1.165, 1.54) is 0 Å². The first-order valence-corrected chi connectivity index (χ1v) is 5.76. The molecule has 0 unspecified atom stereocenters. The van der Waals surface area contributed by atoms with Crippen molar-refractivity contribution in [2.45, 2.75) is 6.92 Å². The van der Waals surface area contributed by atoms with Gasteiger partial charge in [-0.2, -0.15) is 0 Å². The molecule has 1 rings (SSSR count). The molecule has 2 N–H and O–H groups in total. The fourth-order valence-electron chi connectivity index (χ4n) is 1.07. The average molecular weight is 289 g/mol. The highest BCUT2D eigenvalue weighted by molar-refractivity contribution is 9.10. The normalized spacial score (nSPS) is 9.53. The fourth-order valence-corrected chi connectivity index (χ4v) is 1.74. The summed E-state index contributed by atoms with van der Waals surface area (Å²) in [5.74, 6) is 0.777. The number of ether oxygens (including phenoxy) is 1. The van der Waals surface area contributed by atoms with Gasteiger partial charge in [-0.15, -0.1) is 0 Å². The average Bonchev–Trinajstić information content (AvgIpc) is 2.21. The molecule has 1 aromatic rings. The Hall–Kier alpha value is -0.810. The monoisotopic (exact) mass is 288 g/mol. The summed E-state index contributed by atoms with van der Waals surface area (Å²) in [6, 6.07) is 5.72. The molecule has 0 fully saturated rings. The summed E-state index contributed by atoms with van der Waals surface area (Å²) < 4.78 is 6.10. The first-order chi connectivity index (χ1) is 7.17. The smallest absolute Gasteiger partial charge is 0.170 e. The van der Waals surface area contributed by atoms with E-state index in [9.17, 15) is 0 Å². The summed E-state index contributed by atoms with van der Waals surface area (Å²) in [4.78, 5) is 0. The first kappa shape index (κ1) is 12.3.